The number of halogens is 3. The van der Waals surface area contributed by atoms with E-state index in [2.05, 4.69) is 15.2 Å². The van der Waals surface area contributed by atoms with E-state index in [0.717, 1.165) is 17.7 Å². The number of carbonyl (C=O) groups excluding carboxylic acids is 1. The lowest BCUT2D eigenvalue weighted by atomic mass is 10.1. The summed E-state index contributed by atoms with van der Waals surface area (Å²) < 4.78 is 45.1. The van der Waals surface area contributed by atoms with Gasteiger partial charge in [0.05, 0.1) is 5.56 Å². The van der Waals surface area contributed by atoms with Crippen LogP contribution in [0.4, 0.5) is 19.0 Å². The van der Waals surface area contributed by atoms with Crippen molar-refractivity contribution >= 4 is 11.7 Å². The zero-order chi connectivity index (χ0) is 25.7. The third-order valence-electron chi connectivity index (χ3n) is 5.81. The van der Waals surface area contributed by atoms with Crippen LogP contribution in [0, 0.1) is 10.1 Å². The first kappa shape index (κ1) is 25.2. The fourth-order valence-electron chi connectivity index (χ4n) is 3.84. The summed E-state index contributed by atoms with van der Waals surface area (Å²) in [6, 6.07) is 12.3. The maximum absolute atomic E-state index is 12.6. The van der Waals surface area contributed by atoms with Crippen molar-refractivity contribution in [1.29, 1.82) is 0 Å². The van der Waals surface area contributed by atoms with E-state index in [1.54, 1.807) is 16.7 Å². The number of nitrogens with zero attached hydrogens (tertiary/aromatic N) is 4. The number of rotatable bonds is 7. The molecule has 9 nitrogen and oxygen atoms in total. The summed E-state index contributed by atoms with van der Waals surface area (Å²) >= 11 is 0. The molecule has 36 heavy (non-hydrogen) atoms. The van der Waals surface area contributed by atoms with E-state index in [1.807, 2.05) is 12.1 Å². The van der Waals surface area contributed by atoms with E-state index in [0.29, 0.717) is 56.9 Å². The zero-order valence-electron chi connectivity index (χ0n) is 19.2. The molecule has 1 aliphatic rings. The van der Waals surface area contributed by atoms with E-state index in [-0.39, 0.29) is 17.7 Å². The van der Waals surface area contributed by atoms with Crippen LogP contribution >= 0.6 is 0 Å². The number of alkyl halides is 3. The number of hydrogen-bond donors (Lipinski definition) is 1. The molecule has 1 amide bonds. The number of amides is 1. The van der Waals surface area contributed by atoms with Gasteiger partial charge in [-0.2, -0.15) is 13.2 Å². The Morgan fingerprint density at radius 3 is 2.42 bits per heavy atom. The van der Waals surface area contributed by atoms with Crippen molar-refractivity contribution in [1.82, 2.24) is 19.8 Å². The minimum Gasteiger partial charge on any atom is -0.444 e. The largest absolute Gasteiger partial charge is 0.444 e. The normalized spacial score (nSPS) is 14.3. The number of benzene rings is 2. The summed E-state index contributed by atoms with van der Waals surface area (Å²) in [5.74, 6) is -0.506. The van der Waals surface area contributed by atoms with Crippen molar-refractivity contribution < 1.29 is 27.6 Å². The Morgan fingerprint density at radius 2 is 1.75 bits per heavy atom. The van der Waals surface area contributed by atoms with E-state index in [9.17, 15) is 28.1 Å². The van der Waals surface area contributed by atoms with Crippen LogP contribution in [0.5, 0.6) is 6.01 Å². The lowest BCUT2D eigenvalue weighted by molar-refractivity contribution is -0.389. The molecule has 0 radical (unpaired) electrons. The van der Waals surface area contributed by atoms with Crippen LogP contribution in [-0.2, 0) is 25.7 Å². The summed E-state index contributed by atoms with van der Waals surface area (Å²) in [6.45, 7) is 3.02. The lowest BCUT2D eigenvalue weighted by Crippen LogP contribution is -2.33. The molecule has 0 spiro atoms. The molecule has 2 heterocycles. The lowest BCUT2D eigenvalue weighted by Gasteiger charge is -2.24. The standard InChI is InChI=1S/C24H24F3N5O4/c25-24(26,27)20-7-3-17(4-8-20)9-10-28-22(33)19-5-1-18(2-6-19)15-30-11-12-31-16-21(32(34)35)29-23(31)36-14-13-30/h1-8,16H,9-15H2,(H,28,33). The Labute approximate surface area is 204 Å². The van der Waals surface area contributed by atoms with Crippen molar-refractivity contribution in [3.8, 4) is 6.01 Å². The van der Waals surface area contributed by atoms with Crippen LogP contribution in [-0.4, -0.2) is 51.5 Å². The molecule has 12 heteroatoms. The van der Waals surface area contributed by atoms with Gasteiger partial charge in [0.15, 0.2) is 0 Å². The number of carbonyl (C=O) groups is 1. The first-order valence-electron chi connectivity index (χ1n) is 11.3. The number of imidazole rings is 1. The fourth-order valence-corrected chi connectivity index (χ4v) is 3.84. The molecule has 2 aromatic carbocycles. The number of nitro groups is 1. The molecule has 0 saturated heterocycles. The molecule has 1 aromatic heterocycles. The number of ether oxygens (including phenoxy) is 1. The van der Waals surface area contributed by atoms with Gasteiger partial charge in [-0.1, -0.05) is 24.3 Å². The van der Waals surface area contributed by atoms with Crippen LogP contribution in [0.2, 0.25) is 0 Å². The monoisotopic (exact) mass is 503 g/mol. The minimum absolute atomic E-state index is 0.244. The second-order valence-electron chi connectivity index (χ2n) is 8.35. The van der Waals surface area contributed by atoms with Crippen molar-refractivity contribution in [3.05, 3.63) is 87.1 Å². The van der Waals surface area contributed by atoms with Gasteiger partial charge in [-0.05, 0) is 46.7 Å². The highest BCUT2D eigenvalue weighted by molar-refractivity contribution is 5.94. The fraction of sp³-hybridized carbons (Fsp3) is 0.333. The number of hydrogen-bond acceptors (Lipinski definition) is 6. The Kier molecular flexibility index (Phi) is 7.53. The minimum atomic E-state index is -4.37. The number of aromatic nitrogens is 2. The first-order valence-corrected chi connectivity index (χ1v) is 11.3. The summed E-state index contributed by atoms with van der Waals surface area (Å²) in [5.41, 5.74) is 1.48. The van der Waals surface area contributed by atoms with Crippen molar-refractivity contribution in [2.75, 3.05) is 26.2 Å². The maximum Gasteiger partial charge on any atom is 0.416 e. The van der Waals surface area contributed by atoms with E-state index < -0.39 is 16.7 Å². The number of nitrogens with one attached hydrogen (secondary N) is 1. The van der Waals surface area contributed by atoms with Crippen LogP contribution in [0.1, 0.15) is 27.0 Å². The molecule has 0 aliphatic carbocycles. The molecular weight excluding hydrogens is 479 g/mol. The molecule has 0 fully saturated rings. The van der Waals surface area contributed by atoms with E-state index in [1.165, 1.54) is 18.3 Å². The van der Waals surface area contributed by atoms with Gasteiger partial charge < -0.3 is 20.2 Å². The smallest absolute Gasteiger partial charge is 0.416 e. The molecule has 1 N–H and O–H groups in total. The Bertz CT molecular complexity index is 1210. The highest BCUT2D eigenvalue weighted by Gasteiger charge is 2.30. The average molecular weight is 503 g/mol. The average Bonchev–Trinajstić information content (AvgIpc) is 3.23. The molecular formula is C24H24F3N5O4. The third kappa shape index (κ3) is 6.39. The molecule has 190 valence electrons. The molecule has 0 saturated carbocycles. The van der Waals surface area contributed by atoms with Gasteiger partial charge in [-0.3, -0.25) is 14.3 Å². The van der Waals surface area contributed by atoms with Gasteiger partial charge in [0.1, 0.15) is 12.8 Å². The number of fused-ring (bicyclic) bond motifs is 1. The summed E-state index contributed by atoms with van der Waals surface area (Å²) in [5, 5.41) is 13.7. The van der Waals surface area contributed by atoms with Gasteiger partial charge in [0.2, 0.25) is 0 Å². The highest BCUT2D eigenvalue weighted by Crippen LogP contribution is 2.29. The maximum atomic E-state index is 12.6. The van der Waals surface area contributed by atoms with Crippen molar-refractivity contribution in [3.63, 3.8) is 0 Å². The van der Waals surface area contributed by atoms with Gasteiger partial charge >= 0.3 is 18.0 Å². The van der Waals surface area contributed by atoms with Gasteiger partial charge in [-0.25, -0.2) is 0 Å². The Morgan fingerprint density at radius 1 is 1.06 bits per heavy atom. The van der Waals surface area contributed by atoms with Crippen LogP contribution in [0.3, 0.4) is 0 Å². The predicted molar refractivity (Wildman–Crippen MR) is 124 cm³/mol. The molecule has 0 atom stereocenters. The topological polar surface area (TPSA) is 103 Å². The van der Waals surface area contributed by atoms with E-state index >= 15 is 0 Å². The molecule has 0 bridgehead atoms. The van der Waals surface area contributed by atoms with Gasteiger partial charge in [-0.15, -0.1) is 0 Å². The van der Waals surface area contributed by atoms with E-state index in [4.69, 9.17) is 4.74 Å². The van der Waals surface area contributed by atoms with Crippen LogP contribution in [0.25, 0.3) is 0 Å². The van der Waals surface area contributed by atoms with Crippen molar-refractivity contribution in [2.24, 2.45) is 0 Å². The van der Waals surface area contributed by atoms with Crippen LogP contribution in [0.15, 0.2) is 54.7 Å². The molecule has 3 aromatic rings. The summed E-state index contributed by atoms with van der Waals surface area (Å²) in [6.07, 6.45) is -2.59. The van der Waals surface area contributed by atoms with Crippen molar-refractivity contribution in [2.45, 2.75) is 25.7 Å². The summed E-state index contributed by atoms with van der Waals surface area (Å²) in [4.78, 5) is 28.8. The highest BCUT2D eigenvalue weighted by atomic mass is 19.4. The van der Waals surface area contributed by atoms with Crippen LogP contribution < -0.4 is 10.1 Å². The third-order valence-corrected chi connectivity index (χ3v) is 5.81. The summed E-state index contributed by atoms with van der Waals surface area (Å²) in [7, 11) is 0. The van der Waals surface area contributed by atoms with Gasteiger partial charge in [0, 0.05) is 43.3 Å². The first-order chi connectivity index (χ1) is 17.2. The predicted octanol–water partition coefficient (Wildman–Crippen LogP) is 3.68. The quantitative estimate of drug-likeness (QED) is 0.390. The second-order valence-corrected chi connectivity index (χ2v) is 8.35. The molecule has 4 rings (SSSR count). The molecule has 0 unspecified atom stereocenters. The zero-order valence-corrected chi connectivity index (χ0v) is 19.2. The second kappa shape index (κ2) is 10.8. The Hall–Kier alpha value is -3.93. The molecule has 1 aliphatic heterocycles. The SMILES string of the molecule is O=C(NCCc1ccc(C(F)(F)F)cc1)c1ccc(CN2CCOc3nc([N+](=O)[O-])cn3CC2)cc1. The Balaban J connectivity index is 1.25. The van der Waals surface area contributed by atoms with Gasteiger partial charge in [0.25, 0.3) is 5.91 Å².